The highest BCUT2D eigenvalue weighted by Gasteiger charge is 2.10. The summed E-state index contributed by atoms with van der Waals surface area (Å²) in [5, 5.41) is 1.48. The molecule has 1 aromatic carbocycles. The Kier molecular flexibility index (Phi) is 3.22. The minimum Gasteiger partial charge on any atom is -0.347 e. The summed E-state index contributed by atoms with van der Waals surface area (Å²) in [7, 11) is 0. The molecule has 0 amide bonds. The smallest absolute Gasteiger partial charge is 0.222 e. The van der Waals surface area contributed by atoms with E-state index in [1.807, 2.05) is 12.1 Å². The van der Waals surface area contributed by atoms with E-state index < -0.39 is 0 Å². The lowest BCUT2D eigenvalue weighted by molar-refractivity contribution is 0.704. The molecule has 0 saturated heterocycles. The van der Waals surface area contributed by atoms with Crippen LogP contribution < -0.4 is 0 Å². The zero-order valence-corrected chi connectivity index (χ0v) is 11.4. The zero-order chi connectivity index (χ0) is 13.2. The number of para-hydroxylation sites is 1. The highest BCUT2D eigenvalue weighted by molar-refractivity contribution is 6.28. The number of fused-ring (bicyclic) bond motifs is 1. The Bertz CT molecular complexity index is 718. The van der Waals surface area contributed by atoms with Crippen molar-refractivity contribution in [2.45, 2.75) is 19.9 Å². The normalized spacial score (nSPS) is 11.1. The quantitative estimate of drug-likeness (QED) is 0.670. The molecule has 0 saturated carbocycles. The average Bonchev–Trinajstić information content (AvgIpc) is 2.79. The van der Waals surface area contributed by atoms with Gasteiger partial charge in [0.1, 0.15) is 0 Å². The first-order chi connectivity index (χ1) is 9.29. The van der Waals surface area contributed by atoms with Gasteiger partial charge < -0.3 is 4.57 Å². The SMILES string of the molecule is CCCn1cc(-c2ccnc(Cl)n2)c2ccccc21. The van der Waals surface area contributed by atoms with Crippen LogP contribution in [0.1, 0.15) is 13.3 Å². The van der Waals surface area contributed by atoms with Gasteiger partial charge in [0.2, 0.25) is 5.28 Å². The molecule has 0 aliphatic rings. The lowest BCUT2D eigenvalue weighted by Crippen LogP contribution is -1.93. The molecule has 0 spiro atoms. The molecule has 0 aliphatic heterocycles. The summed E-state index contributed by atoms with van der Waals surface area (Å²) in [5.41, 5.74) is 3.20. The number of rotatable bonds is 3. The van der Waals surface area contributed by atoms with Crippen LogP contribution in [0, 0.1) is 0 Å². The highest BCUT2D eigenvalue weighted by atomic mass is 35.5. The molecular weight excluding hydrogens is 258 g/mol. The van der Waals surface area contributed by atoms with Gasteiger partial charge in [-0.3, -0.25) is 0 Å². The van der Waals surface area contributed by atoms with Gasteiger partial charge >= 0.3 is 0 Å². The monoisotopic (exact) mass is 271 g/mol. The zero-order valence-electron chi connectivity index (χ0n) is 10.7. The molecule has 0 unspecified atom stereocenters. The minimum absolute atomic E-state index is 0.282. The summed E-state index contributed by atoms with van der Waals surface area (Å²) >= 11 is 5.88. The summed E-state index contributed by atoms with van der Waals surface area (Å²) < 4.78 is 2.26. The van der Waals surface area contributed by atoms with E-state index in [9.17, 15) is 0 Å². The molecule has 0 aliphatic carbocycles. The van der Waals surface area contributed by atoms with Gasteiger partial charge in [-0.25, -0.2) is 9.97 Å². The molecule has 0 bridgehead atoms. The Morgan fingerprint density at radius 2 is 2.05 bits per heavy atom. The summed E-state index contributed by atoms with van der Waals surface area (Å²) in [6.45, 7) is 3.18. The number of aromatic nitrogens is 3. The van der Waals surface area contributed by atoms with Crippen molar-refractivity contribution in [1.29, 1.82) is 0 Å². The van der Waals surface area contributed by atoms with Crippen LogP contribution in [0.3, 0.4) is 0 Å². The van der Waals surface area contributed by atoms with Crippen molar-refractivity contribution in [2.75, 3.05) is 0 Å². The fraction of sp³-hybridized carbons (Fsp3) is 0.200. The average molecular weight is 272 g/mol. The Balaban J connectivity index is 2.23. The van der Waals surface area contributed by atoms with Crippen molar-refractivity contribution in [3.8, 4) is 11.3 Å². The predicted molar refractivity (Wildman–Crippen MR) is 78.3 cm³/mol. The van der Waals surface area contributed by atoms with E-state index in [0.717, 1.165) is 24.2 Å². The van der Waals surface area contributed by atoms with Crippen LogP contribution >= 0.6 is 11.6 Å². The molecule has 0 fully saturated rings. The van der Waals surface area contributed by atoms with E-state index in [1.165, 1.54) is 10.9 Å². The number of halogens is 1. The maximum absolute atomic E-state index is 5.88. The third kappa shape index (κ3) is 2.22. The third-order valence-electron chi connectivity index (χ3n) is 3.16. The molecule has 0 atom stereocenters. The van der Waals surface area contributed by atoms with Gasteiger partial charge in [0.05, 0.1) is 5.69 Å². The Morgan fingerprint density at radius 1 is 1.21 bits per heavy atom. The highest BCUT2D eigenvalue weighted by Crippen LogP contribution is 2.29. The second-order valence-corrected chi connectivity index (χ2v) is 4.80. The van der Waals surface area contributed by atoms with Crippen LogP contribution in [0.25, 0.3) is 22.2 Å². The van der Waals surface area contributed by atoms with Crippen molar-refractivity contribution >= 4 is 22.5 Å². The first kappa shape index (κ1) is 12.2. The lowest BCUT2D eigenvalue weighted by atomic mass is 10.1. The molecule has 0 radical (unpaired) electrons. The first-order valence-corrected chi connectivity index (χ1v) is 6.74. The van der Waals surface area contributed by atoms with Crippen molar-refractivity contribution < 1.29 is 0 Å². The molecule has 96 valence electrons. The number of nitrogens with zero attached hydrogens (tertiary/aromatic N) is 3. The fourth-order valence-corrected chi connectivity index (χ4v) is 2.51. The van der Waals surface area contributed by atoms with Gasteiger partial charge in [-0.1, -0.05) is 25.1 Å². The maximum Gasteiger partial charge on any atom is 0.222 e. The van der Waals surface area contributed by atoms with E-state index in [1.54, 1.807) is 6.20 Å². The summed E-state index contributed by atoms with van der Waals surface area (Å²) in [4.78, 5) is 8.24. The van der Waals surface area contributed by atoms with Gasteiger partial charge in [-0.2, -0.15) is 0 Å². The van der Waals surface area contributed by atoms with Gasteiger partial charge in [0.25, 0.3) is 0 Å². The second-order valence-electron chi connectivity index (χ2n) is 4.46. The van der Waals surface area contributed by atoms with Crippen LogP contribution in [-0.2, 0) is 6.54 Å². The second kappa shape index (κ2) is 5.02. The molecule has 2 heterocycles. The topological polar surface area (TPSA) is 30.7 Å². The molecule has 0 N–H and O–H groups in total. The van der Waals surface area contributed by atoms with Crippen LogP contribution in [0.5, 0.6) is 0 Å². The maximum atomic E-state index is 5.88. The van der Waals surface area contributed by atoms with Crippen molar-refractivity contribution in [2.24, 2.45) is 0 Å². The van der Waals surface area contributed by atoms with Crippen molar-refractivity contribution in [3.63, 3.8) is 0 Å². The fourth-order valence-electron chi connectivity index (χ4n) is 2.36. The summed E-state index contributed by atoms with van der Waals surface area (Å²) in [6.07, 6.45) is 4.94. The predicted octanol–water partition coefficient (Wildman–Crippen LogP) is 4.16. The number of aryl methyl sites for hydroxylation is 1. The van der Waals surface area contributed by atoms with Crippen LogP contribution in [0.15, 0.2) is 42.7 Å². The summed E-state index contributed by atoms with van der Waals surface area (Å²) in [6, 6.07) is 10.3. The van der Waals surface area contributed by atoms with Gasteiger partial charge in [0, 0.05) is 35.4 Å². The molecule has 3 aromatic rings. The molecule has 4 heteroatoms. The van der Waals surface area contributed by atoms with E-state index in [4.69, 9.17) is 11.6 Å². The Hall–Kier alpha value is -1.87. The lowest BCUT2D eigenvalue weighted by Gasteiger charge is -2.01. The number of hydrogen-bond donors (Lipinski definition) is 0. The van der Waals surface area contributed by atoms with Crippen molar-refractivity contribution in [3.05, 3.63) is 48.0 Å². The van der Waals surface area contributed by atoms with Crippen LogP contribution in [-0.4, -0.2) is 14.5 Å². The standard InChI is InChI=1S/C15H14ClN3/c1-2-9-19-10-12(11-5-3-4-6-14(11)19)13-7-8-17-15(16)18-13/h3-8,10H,2,9H2,1H3. The van der Waals surface area contributed by atoms with E-state index in [2.05, 4.69) is 45.9 Å². The van der Waals surface area contributed by atoms with E-state index in [-0.39, 0.29) is 5.28 Å². The van der Waals surface area contributed by atoms with Gasteiger partial charge in [-0.05, 0) is 30.2 Å². The number of hydrogen-bond acceptors (Lipinski definition) is 2. The molecular formula is C15H14ClN3. The Labute approximate surface area is 116 Å². The molecule has 3 rings (SSSR count). The summed E-state index contributed by atoms with van der Waals surface area (Å²) in [5.74, 6) is 0. The van der Waals surface area contributed by atoms with E-state index >= 15 is 0 Å². The van der Waals surface area contributed by atoms with Crippen molar-refractivity contribution in [1.82, 2.24) is 14.5 Å². The Morgan fingerprint density at radius 3 is 2.84 bits per heavy atom. The third-order valence-corrected chi connectivity index (χ3v) is 3.34. The minimum atomic E-state index is 0.282. The number of benzene rings is 1. The van der Waals surface area contributed by atoms with Gasteiger partial charge in [-0.15, -0.1) is 0 Å². The molecule has 19 heavy (non-hydrogen) atoms. The van der Waals surface area contributed by atoms with Crippen LogP contribution in [0.4, 0.5) is 0 Å². The molecule has 2 aromatic heterocycles. The van der Waals surface area contributed by atoms with Crippen LogP contribution in [0.2, 0.25) is 5.28 Å². The largest absolute Gasteiger partial charge is 0.347 e. The van der Waals surface area contributed by atoms with Gasteiger partial charge in [0.15, 0.2) is 0 Å². The van der Waals surface area contributed by atoms with E-state index in [0.29, 0.717) is 0 Å². The first-order valence-electron chi connectivity index (χ1n) is 6.36. The molecule has 3 nitrogen and oxygen atoms in total.